The molecule has 44 heavy (non-hydrogen) atoms. The van der Waals surface area contributed by atoms with Crippen LogP contribution in [0.1, 0.15) is 153 Å². The van der Waals surface area contributed by atoms with Gasteiger partial charge in [-0.25, -0.2) is 14.4 Å². The van der Waals surface area contributed by atoms with Crippen molar-refractivity contribution in [1.29, 1.82) is 0 Å². The first-order chi connectivity index (χ1) is 20.3. The molecule has 0 radical (unpaired) electrons. The van der Waals surface area contributed by atoms with Crippen LogP contribution in [0.25, 0.3) is 0 Å². The maximum Gasteiger partial charge on any atom is 0.374 e. The van der Waals surface area contributed by atoms with Gasteiger partial charge in [-0.1, -0.05) is 43.5 Å². The summed E-state index contributed by atoms with van der Waals surface area (Å²) in [6.45, 7) is 14.8. The fraction of sp³-hybridized carbons (Fsp3) is 0.529. The molecule has 0 saturated heterocycles. The molecule has 2 aromatic rings. The lowest BCUT2D eigenvalue weighted by atomic mass is 9.83. The number of hydrogen-bond acceptors (Lipinski definition) is 10. The zero-order valence-corrected chi connectivity index (χ0v) is 27.2. The number of carbonyl (C=O) groups excluding carboxylic acids is 4. The summed E-state index contributed by atoms with van der Waals surface area (Å²) in [5, 5.41) is 0. The smallest absolute Gasteiger partial charge is 0.292 e. The standard InChI is InChI=1S/C34H44O10/c1-32(2,3)42-39-29(36)25-19-24(28(35)23-17-15-22(16-18-23)21-13-11-10-12-14-21)20-26(30(37)40-43-33(4,5)6)27(25)31(38)41-44-34(7,8)9/h15-21H,10-14H2,1-9H3. The molecule has 3 rings (SSSR count). The molecule has 0 N–H and O–H groups in total. The zero-order valence-electron chi connectivity index (χ0n) is 27.2. The van der Waals surface area contributed by atoms with E-state index in [0.29, 0.717) is 11.5 Å². The molecule has 10 heteroatoms. The molecular formula is C34H44O10. The van der Waals surface area contributed by atoms with E-state index in [1.807, 2.05) is 12.1 Å². The highest BCUT2D eigenvalue weighted by Gasteiger charge is 2.33. The van der Waals surface area contributed by atoms with E-state index in [1.165, 1.54) is 19.3 Å². The van der Waals surface area contributed by atoms with Gasteiger partial charge in [-0.15, -0.1) is 0 Å². The van der Waals surface area contributed by atoms with Crippen molar-refractivity contribution < 1.29 is 48.5 Å². The SMILES string of the molecule is CC(C)(C)OOC(=O)c1cc(C(=O)c2ccc(C3CCCCC3)cc2)cc(C(=O)OOC(C)(C)C)c1C(=O)OOC(C)(C)C. The van der Waals surface area contributed by atoms with Gasteiger partial charge in [0.15, 0.2) is 5.78 Å². The first-order valence-electron chi connectivity index (χ1n) is 14.9. The third kappa shape index (κ3) is 10.2. The lowest BCUT2D eigenvalue weighted by Crippen LogP contribution is -2.28. The van der Waals surface area contributed by atoms with Crippen LogP contribution in [0.5, 0.6) is 0 Å². The quantitative estimate of drug-likeness (QED) is 0.159. The second-order valence-corrected chi connectivity index (χ2v) is 13.9. The molecule has 0 aromatic heterocycles. The van der Waals surface area contributed by atoms with Crippen molar-refractivity contribution in [2.75, 3.05) is 0 Å². The largest absolute Gasteiger partial charge is 0.374 e. The van der Waals surface area contributed by atoms with Gasteiger partial charge in [0.05, 0.1) is 16.7 Å². The van der Waals surface area contributed by atoms with Gasteiger partial charge < -0.3 is 0 Å². The summed E-state index contributed by atoms with van der Waals surface area (Å²) >= 11 is 0. The van der Waals surface area contributed by atoms with E-state index in [1.54, 1.807) is 74.4 Å². The van der Waals surface area contributed by atoms with Crippen molar-refractivity contribution >= 4 is 23.7 Å². The summed E-state index contributed by atoms with van der Waals surface area (Å²) in [5.74, 6) is -3.53. The predicted molar refractivity (Wildman–Crippen MR) is 161 cm³/mol. The fourth-order valence-corrected chi connectivity index (χ4v) is 4.44. The highest BCUT2D eigenvalue weighted by Crippen LogP contribution is 2.33. The zero-order chi connectivity index (χ0) is 32.9. The van der Waals surface area contributed by atoms with E-state index in [0.717, 1.165) is 30.5 Å². The van der Waals surface area contributed by atoms with E-state index in [2.05, 4.69) is 0 Å². The van der Waals surface area contributed by atoms with Crippen molar-refractivity contribution in [2.24, 2.45) is 0 Å². The molecule has 0 aliphatic heterocycles. The van der Waals surface area contributed by atoms with E-state index in [4.69, 9.17) is 29.3 Å². The van der Waals surface area contributed by atoms with Crippen molar-refractivity contribution in [1.82, 2.24) is 0 Å². The number of rotatable bonds is 9. The molecule has 1 aliphatic rings. The average molecular weight is 613 g/mol. The molecular weight excluding hydrogens is 568 g/mol. The van der Waals surface area contributed by atoms with Crippen LogP contribution in [0.3, 0.4) is 0 Å². The van der Waals surface area contributed by atoms with Crippen molar-refractivity contribution in [2.45, 2.75) is 117 Å². The number of carbonyl (C=O) groups is 4. The first kappa shape index (κ1) is 34.9. The maximum atomic E-state index is 13.7. The number of ketones is 1. The van der Waals surface area contributed by atoms with E-state index >= 15 is 0 Å². The van der Waals surface area contributed by atoms with Crippen LogP contribution in [0.2, 0.25) is 0 Å². The molecule has 0 amide bonds. The Balaban J connectivity index is 2.12. The molecule has 0 atom stereocenters. The molecule has 2 aromatic carbocycles. The third-order valence-corrected chi connectivity index (χ3v) is 6.40. The van der Waals surface area contributed by atoms with Crippen molar-refractivity contribution in [3.63, 3.8) is 0 Å². The van der Waals surface area contributed by atoms with E-state index in [9.17, 15) is 19.2 Å². The van der Waals surface area contributed by atoms with E-state index in [-0.39, 0.29) is 5.56 Å². The summed E-state index contributed by atoms with van der Waals surface area (Å²) in [5.41, 5.74) is -2.80. The molecule has 10 nitrogen and oxygen atoms in total. The summed E-state index contributed by atoms with van der Waals surface area (Å²) in [6, 6.07) is 9.59. The maximum absolute atomic E-state index is 13.7. The predicted octanol–water partition coefficient (Wildman–Crippen LogP) is 7.63. The molecule has 1 fully saturated rings. The molecule has 0 unspecified atom stereocenters. The average Bonchev–Trinajstić information content (AvgIpc) is 2.95. The van der Waals surface area contributed by atoms with Gasteiger partial charge in [0.2, 0.25) is 0 Å². The topological polar surface area (TPSA) is 124 Å². The van der Waals surface area contributed by atoms with Crippen LogP contribution in [-0.2, 0) is 29.3 Å². The highest BCUT2D eigenvalue weighted by atomic mass is 17.2. The molecule has 240 valence electrons. The minimum atomic E-state index is -1.19. The fourth-order valence-electron chi connectivity index (χ4n) is 4.44. The van der Waals surface area contributed by atoms with Gasteiger partial charge in [0.25, 0.3) is 0 Å². The Morgan fingerprint density at radius 2 is 0.977 bits per heavy atom. The van der Waals surface area contributed by atoms with Gasteiger partial charge in [-0.2, -0.15) is 14.7 Å². The Morgan fingerprint density at radius 3 is 1.39 bits per heavy atom. The number of hydrogen-bond donors (Lipinski definition) is 0. The van der Waals surface area contributed by atoms with Gasteiger partial charge in [-0.05, 0) is 98.8 Å². The lowest BCUT2D eigenvalue weighted by molar-refractivity contribution is -0.303. The summed E-state index contributed by atoms with van der Waals surface area (Å²) in [6.07, 6.45) is 5.80. The van der Waals surface area contributed by atoms with Crippen LogP contribution in [-0.4, -0.2) is 40.5 Å². The normalized spacial score (nSPS) is 14.6. The van der Waals surface area contributed by atoms with Gasteiger partial charge in [-0.3, -0.25) is 19.5 Å². The summed E-state index contributed by atoms with van der Waals surface area (Å²) in [7, 11) is 0. The monoisotopic (exact) mass is 612 g/mol. The van der Waals surface area contributed by atoms with Crippen molar-refractivity contribution in [3.05, 3.63) is 69.8 Å². The second-order valence-electron chi connectivity index (χ2n) is 13.9. The summed E-state index contributed by atoms with van der Waals surface area (Å²) < 4.78 is 0. The van der Waals surface area contributed by atoms with Crippen LogP contribution >= 0.6 is 0 Å². The Morgan fingerprint density at radius 1 is 0.568 bits per heavy atom. The Kier molecular flexibility index (Phi) is 11.1. The third-order valence-electron chi connectivity index (χ3n) is 6.40. The van der Waals surface area contributed by atoms with Crippen molar-refractivity contribution in [3.8, 4) is 0 Å². The minimum Gasteiger partial charge on any atom is -0.292 e. The summed E-state index contributed by atoms with van der Waals surface area (Å²) in [4.78, 5) is 84.4. The number of benzene rings is 2. The van der Waals surface area contributed by atoms with Crippen LogP contribution in [0.4, 0.5) is 0 Å². The van der Waals surface area contributed by atoms with Gasteiger partial charge in [0, 0.05) is 11.1 Å². The van der Waals surface area contributed by atoms with Gasteiger partial charge >= 0.3 is 17.9 Å². The van der Waals surface area contributed by atoms with Crippen LogP contribution < -0.4 is 0 Å². The second kappa shape index (κ2) is 14.0. The molecule has 0 bridgehead atoms. The Labute approximate surface area is 259 Å². The lowest BCUT2D eigenvalue weighted by Gasteiger charge is -2.22. The van der Waals surface area contributed by atoms with E-state index < -0.39 is 57.2 Å². The van der Waals surface area contributed by atoms with Gasteiger partial charge in [0.1, 0.15) is 16.8 Å². The Bertz CT molecular complexity index is 1300. The van der Waals surface area contributed by atoms with Crippen LogP contribution in [0.15, 0.2) is 36.4 Å². The Hall–Kier alpha value is -3.60. The van der Waals surface area contributed by atoms with Crippen LogP contribution in [0, 0.1) is 0 Å². The highest BCUT2D eigenvalue weighted by molar-refractivity contribution is 6.15. The molecule has 1 aliphatic carbocycles. The first-order valence-corrected chi connectivity index (χ1v) is 14.9. The molecule has 0 heterocycles. The minimum absolute atomic E-state index is 0.0749. The molecule has 1 saturated carbocycles. The molecule has 0 spiro atoms.